The highest BCUT2D eigenvalue weighted by molar-refractivity contribution is 5.14. The summed E-state index contributed by atoms with van der Waals surface area (Å²) < 4.78 is 5.80. The van der Waals surface area contributed by atoms with Gasteiger partial charge in [0.15, 0.2) is 0 Å². The lowest BCUT2D eigenvalue weighted by atomic mass is 10.0. The van der Waals surface area contributed by atoms with Gasteiger partial charge in [-0.3, -0.25) is 0 Å². The summed E-state index contributed by atoms with van der Waals surface area (Å²) in [6, 6.07) is 10.5. The van der Waals surface area contributed by atoms with Gasteiger partial charge in [-0.15, -0.1) is 0 Å². The Morgan fingerprint density at radius 1 is 0.818 bits per heavy atom. The quantitative estimate of drug-likeness (QED) is 0.377. The molecule has 0 radical (unpaired) electrons. The van der Waals surface area contributed by atoms with Crippen molar-refractivity contribution in [2.24, 2.45) is 0 Å². The van der Waals surface area contributed by atoms with E-state index in [0.717, 1.165) is 32.3 Å². The van der Waals surface area contributed by atoms with Crippen LogP contribution in [0.4, 0.5) is 0 Å². The number of hydrogen-bond donors (Lipinski definition) is 0. The monoisotopic (exact) mass is 296 g/mol. The van der Waals surface area contributed by atoms with Crippen molar-refractivity contribution in [2.45, 2.75) is 51.4 Å². The van der Waals surface area contributed by atoms with E-state index >= 15 is 0 Å². The molecule has 1 nitrogen and oxygen atoms in total. The third kappa shape index (κ3) is 7.31. The molecule has 1 aliphatic rings. The summed E-state index contributed by atoms with van der Waals surface area (Å²) in [7, 11) is 0. The van der Waals surface area contributed by atoms with Crippen molar-refractivity contribution >= 4 is 0 Å². The molecular formula is C21H28O. The van der Waals surface area contributed by atoms with Gasteiger partial charge in [0.2, 0.25) is 0 Å². The van der Waals surface area contributed by atoms with Crippen molar-refractivity contribution in [3.05, 3.63) is 72.0 Å². The smallest absolute Gasteiger partial charge is 0.0913 e. The van der Waals surface area contributed by atoms with Gasteiger partial charge in [0.05, 0.1) is 12.9 Å². The zero-order chi connectivity index (χ0) is 15.3. The molecule has 0 heterocycles. The minimum atomic E-state index is 0.767. The van der Waals surface area contributed by atoms with Crippen LogP contribution in [0.5, 0.6) is 0 Å². The van der Waals surface area contributed by atoms with E-state index in [1.54, 1.807) is 0 Å². The molecule has 1 heteroatoms. The fraction of sp³-hybridized carbons (Fsp3) is 0.429. The Bertz CT molecular complexity index is 482. The summed E-state index contributed by atoms with van der Waals surface area (Å²) in [6.07, 6.45) is 20.4. The molecule has 1 aromatic carbocycles. The highest BCUT2D eigenvalue weighted by atomic mass is 16.5. The molecule has 0 aliphatic heterocycles. The summed E-state index contributed by atoms with van der Waals surface area (Å²) in [5, 5.41) is 0. The topological polar surface area (TPSA) is 9.23 Å². The molecule has 1 aromatic rings. The van der Waals surface area contributed by atoms with Gasteiger partial charge in [-0.2, -0.15) is 0 Å². The molecule has 0 bridgehead atoms. The van der Waals surface area contributed by atoms with Gasteiger partial charge >= 0.3 is 0 Å². The van der Waals surface area contributed by atoms with Gasteiger partial charge in [-0.05, 0) is 56.1 Å². The van der Waals surface area contributed by atoms with E-state index in [1.807, 2.05) is 6.26 Å². The molecular weight excluding hydrogens is 268 g/mol. The van der Waals surface area contributed by atoms with Crippen LogP contribution >= 0.6 is 0 Å². The van der Waals surface area contributed by atoms with Gasteiger partial charge in [0.1, 0.15) is 0 Å². The standard InChI is InChI=1S/C21H28O/c1-2-4-6-9-15-21(16-10-7-5-3-1)19-22-18-17-20-13-11-8-12-14-20/h2,4-5,7-8,11-14,19H,1,3,6,9-10,15-18H2. The zero-order valence-electron chi connectivity index (χ0n) is 13.5. The van der Waals surface area contributed by atoms with Gasteiger partial charge in [0, 0.05) is 6.42 Å². The summed E-state index contributed by atoms with van der Waals surface area (Å²) in [5.74, 6) is 0. The highest BCUT2D eigenvalue weighted by Crippen LogP contribution is 2.16. The van der Waals surface area contributed by atoms with E-state index in [2.05, 4.69) is 54.6 Å². The predicted octanol–water partition coefficient (Wildman–Crippen LogP) is 5.99. The summed E-state index contributed by atoms with van der Waals surface area (Å²) >= 11 is 0. The minimum Gasteiger partial charge on any atom is -0.501 e. The maximum Gasteiger partial charge on any atom is 0.0913 e. The Labute approximate surface area is 135 Å². The molecule has 0 unspecified atom stereocenters. The molecule has 0 fully saturated rings. The molecule has 0 aromatic heterocycles. The Morgan fingerprint density at radius 3 is 2.36 bits per heavy atom. The lowest BCUT2D eigenvalue weighted by molar-refractivity contribution is 0.248. The van der Waals surface area contributed by atoms with E-state index in [1.165, 1.54) is 36.8 Å². The second kappa shape index (κ2) is 10.9. The van der Waals surface area contributed by atoms with E-state index in [4.69, 9.17) is 4.74 Å². The normalized spacial score (nSPS) is 18.6. The zero-order valence-corrected chi connectivity index (χ0v) is 13.5. The van der Waals surface area contributed by atoms with Crippen LogP contribution in [0, 0.1) is 0 Å². The van der Waals surface area contributed by atoms with Crippen LogP contribution in [-0.2, 0) is 11.2 Å². The average molecular weight is 296 g/mol. The van der Waals surface area contributed by atoms with Crippen molar-refractivity contribution in [1.82, 2.24) is 0 Å². The van der Waals surface area contributed by atoms with E-state index in [-0.39, 0.29) is 0 Å². The van der Waals surface area contributed by atoms with Crippen LogP contribution in [0.3, 0.4) is 0 Å². The fourth-order valence-electron chi connectivity index (χ4n) is 2.62. The van der Waals surface area contributed by atoms with Crippen LogP contribution in [0.25, 0.3) is 0 Å². The van der Waals surface area contributed by atoms with E-state index in [9.17, 15) is 0 Å². The predicted molar refractivity (Wildman–Crippen MR) is 94.8 cm³/mol. The second-order valence-corrected chi connectivity index (χ2v) is 5.83. The summed E-state index contributed by atoms with van der Waals surface area (Å²) in [6.45, 7) is 0.767. The lowest BCUT2D eigenvalue weighted by Crippen LogP contribution is -1.95. The van der Waals surface area contributed by atoms with E-state index < -0.39 is 0 Å². The fourth-order valence-corrected chi connectivity index (χ4v) is 2.62. The Hall–Kier alpha value is -1.76. The van der Waals surface area contributed by atoms with Crippen LogP contribution in [0.15, 0.2) is 66.5 Å². The third-order valence-electron chi connectivity index (χ3n) is 3.94. The Kier molecular flexibility index (Phi) is 8.22. The van der Waals surface area contributed by atoms with E-state index in [0.29, 0.717) is 0 Å². The van der Waals surface area contributed by atoms with Crippen molar-refractivity contribution < 1.29 is 4.74 Å². The Morgan fingerprint density at radius 2 is 1.55 bits per heavy atom. The maximum atomic E-state index is 5.80. The molecule has 0 saturated carbocycles. The largest absolute Gasteiger partial charge is 0.501 e. The second-order valence-electron chi connectivity index (χ2n) is 5.83. The molecule has 22 heavy (non-hydrogen) atoms. The van der Waals surface area contributed by atoms with Crippen molar-refractivity contribution in [1.29, 1.82) is 0 Å². The molecule has 0 N–H and O–H groups in total. The number of ether oxygens (including phenoxy) is 1. The molecule has 0 saturated heterocycles. The van der Waals surface area contributed by atoms with Gasteiger partial charge in [-0.1, -0.05) is 54.6 Å². The first-order valence-corrected chi connectivity index (χ1v) is 8.58. The Balaban J connectivity index is 1.76. The summed E-state index contributed by atoms with van der Waals surface area (Å²) in [5.41, 5.74) is 2.79. The summed E-state index contributed by atoms with van der Waals surface area (Å²) in [4.78, 5) is 0. The van der Waals surface area contributed by atoms with Crippen molar-refractivity contribution in [2.75, 3.05) is 6.61 Å². The van der Waals surface area contributed by atoms with Crippen LogP contribution in [0.1, 0.15) is 50.5 Å². The van der Waals surface area contributed by atoms with Crippen LogP contribution < -0.4 is 0 Å². The molecule has 0 amide bonds. The molecule has 0 spiro atoms. The average Bonchev–Trinajstić information content (AvgIpc) is 2.54. The first-order chi connectivity index (χ1) is 10.9. The minimum absolute atomic E-state index is 0.767. The van der Waals surface area contributed by atoms with Gasteiger partial charge < -0.3 is 4.74 Å². The molecule has 1 aliphatic carbocycles. The number of allylic oxidation sites excluding steroid dienone is 5. The van der Waals surface area contributed by atoms with Crippen LogP contribution in [-0.4, -0.2) is 6.61 Å². The lowest BCUT2D eigenvalue weighted by Gasteiger charge is -2.08. The van der Waals surface area contributed by atoms with Crippen LogP contribution in [0.2, 0.25) is 0 Å². The highest BCUT2D eigenvalue weighted by Gasteiger charge is 1.99. The van der Waals surface area contributed by atoms with Crippen molar-refractivity contribution in [3.63, 3.8) is 0 Å². The molecule has 0 atom stereocenters. The first kappa shape index (κ1) is 16.6. The van der Waals surface area contributed by atoms with Crippen molar-refractivity contribution in [3.8, 4) is 0 Å². The SMILES string of the molecule is C1=CCCCC(=COCCc2ccccc2)CCC=CCC1. The maximum absolute atomic E-state index is 5.80. The number of rotatable bonds is 4. The van der Waals surface area contributed by atoms with Gasteiger partial charge in [-0.25, -0.2) is 0 Å². The molecule has 118 valence electrons. The first-order valence-electron chi connectivity index (χ1n) is 8.58. The molecule has 2 rings (SSSR count). The number of benzene rings is 1. The van der Waals surface area contributed by atoms with Gasteiger partial charge in [0.25, 0.3) is 0 Å². The number of hydrogen-bond acceptors (Lipinski definition) is 1. The third-order valence-corrected chi connectivity index (χ3v) is 3.94.